The third-order valence-corrected chi connectivity index (χ3v) is 4.36. The van der Waals surface area contributed by atoms with Gasteiger partial charge in [-0.05, 0) is 39.2 Å². The highest BCUT2D eigenvalue weighted by Crippen LogP contribution is 2.48. The van der Waals surface area contributed by atoms with Gasteiger partial charge in [-0.15, -0.1) is 0 Å². The quantitative estimate of drug-likeness (QED) is 0.357. The maximum absolute atomic E-state index is 12.9. The van der Waals surface area contributed by atoms with E-state index in [0.717, 1.165) is 0 Å². The first-order valence-corrected chi connectivity index (χ1v) is 8.10. The smallest absolute Gasteiger partial charge is 0.321 e. The van der Waals surface area contributed by atoms with Crippen LogP contribution in [0.3, 0.4) is 0 Å². The summed E-state index contributed by atoms with van der Waals surface area (Å²) < 4.78 is 5.50. The zero-order valence-electron chi connectivity index (χ0n) is 14.3. The first kappa shape index (κ1) is 18.1. The average molecular weight is 333 g/mol. The van der Waals surface area contributed by atoms with Gasteiger partial charge in [0.15, 0.2) is 5.78 Å². The first-order chi connectivity index (χ1) is 11.2. The molecule has 1 saturated carbocycles. The number of esters is 1. The molecule has 1 aromatic carbocycles. The molecule has 6 nitrogen and oxygen atoms in total. The van der Waals surface area contributed by atoms with Gasteiger partial charge in [0.05, 0.1) is 5.92 Å². The van der Waals surface area contributed by atoms with Crippen LogP contribution in [0, 0.1) is 15.5 Å². The summed E-state index contributed by atoms with van der Waals surface area (Å²) in [6.45, 7) is 4.70. The van der Waals surface area contributed by atoms with Crippen molar-refractivity contribution in [3.05, 3.63) is 46.0 Å². The lowest BCUT2D eigenvalue weighted by Crippen LogP contribution is -2.47. The number of ketones is 1. The summed E-state index contributed by atoms with van der Waals surface area (Å²) in [4.78, 5) is 36.4. The molecule has 2 atom stereocenters. The molecule has 0 amide bonds. The molecule has 0 radical (unpaired) electrons. The summed E-state index contributed by atoms with van der Waals surface area (Å²) in [7, 11) is 0. The molecular weight excluding hydrogens is 310 g/mol. The SMILES string of the molecule is CC(C)(C)OC(=O)[C@]1([C@@H](C[N+](=O)[O-])c2ccccc2)CCCC1=O. The third kappa shape index (κ3) is 3.63. The van der Waals surface area contributed by atoms with Crippen LogP contribution in [0.5, 0.6) is 0 Å². The topological polar surface area (TPSA) is 86.5 Å². The summed E-state index contributed by atoms with van der Waals surface area (Å²) in [5.74, 6) is -1.72. The highest BCUT2D eigenvalue weighted by atomic mass is 16.6. The first-order valence-electron chi connectivity index (χ1n) is 8.10. The molecule has 0 aromatic heterocycles. The Balaban J connectivity index is 2.52. The molecule has 1 aromatic rings. The van der Waals surface area contributed by atoms with Gasteiger partial charge in [-0.3, -0.25) is 19.7 Å². The highest BCUT2D eigenvalue weighted by Gasteiger charge is 2.58. The lowest BCUT2D eigenvalue weighted by molar-refractivity contribution is -0.485. The van der Waals surface area contributed by atoms with Crippen LogP contribution in [0.4, 0.5) is 0 Å². The largest absolute Gasteiger partial charge is 0.459 e. The van der Waals surface area contributed by atoms with E-state index in [4.69, 9.17) is 4.74 Å². The van der Waals surface area contributed by atoms with Crippen molar-refractivity contribution in [2.45, 2.75) is 51.6 Å². The van der Waals surface area contributed by atoms with Crippen molar-refractivity contribution >= 4 is 11.8 Å². The Bertz CT molecular complexity index is 635. The maximum Gasteiger partial charge on any atom is 0.321 e. The summed E-state index contributed by atoms with van der Waals surface area (Å²) >= 11 is 0. The summed E-state index contributed by atoms with van der Waals surface area (Å²) in [5.41, 5.74) is -1.61. The van der Waals surface area contributed by atoms with Crippen molar-refractivity contribution in [3.8, 4) is 0 Å². The van der Waals surface area contributed by atoms with Gasteiger partial charge in [-0.2, -0.15) is 0 Å². The van der Waals surface area contributed by atoms with Gasteiger partial charge >= 0.3 is 5.97 Å². The second-order valence-corrected chi connectivity index (χ2v) is 7.23. The molecule has 24 heavy (non-hydrogen) atoms. The van der Waals surface area contributed by atoms with Crippen LogP contribution in [0.1, 0.15) is 51.5 Å². The second-order valence-electron chi connectivity index (χ2n) is 7.23. The van der Waals surface area contributed by atoms with E-state index in [1.165, 1.54) is 0 Å². The molecule has 1 aliphatic carbocycles. The van der Waals surface area contributed by atoms with E-state index in [2.05, 4.69) is 0 Å². The Kier molecular flexibility index (Phi) is 5.06. The van der Waals surface area contributed by atoms with E-state index in [1.807, 2.05) is 0 Å². The highest BCUT2D eigenvalue weighted by molar-refractivity contribution is 6.06. The van der Waals surface area contributed by atoms with Crippen LogP contribution < -0.4 is 0 Å². The zero-order valence-corrected chi connectivity index (χ0v) is 14.3. The number of hydrogen-bond acceptors (Lipinski definition) is 5. The standard InChI is InChI=1S/C18H23NO5/c1-17(2,3)24-16(21)18(11-7-10-15(18)20)14(12-19(22)23)13-8-5-4-6-9-13/h4-6,8-9,14H,7,10-12H2,1-3H3/t14-,18-/m0/s1. The van der Waals surface area contributed by atoms with E-state index in [0.29, 0.717) is 12.0 Å². The van der Waals surface area contributed by atoms with Crippen molar-refractivity contribution in [2.24, 2.45) is 5.41 Å². The van der Waals surface area contributed by atoms with E-state index in [9.17, 15) is 19.7 Å². The minimum Gasteiger partial charge on any atom is -0.459 e. The number of carbonyl (C=O) groups excluding carboxylic acids is 2. The van der Waals surface area contributed by atoms with Gasteiger partial charge in [0.2, 0.25) is 6.54 Å². The Morgan fingerprint density at radius 3 is 2.42 bits per heavy atom. The Morgan fingerprint density at radius 2 is 1.96 bits per heavy atom. The molecule has 0 saturated heterocycles. The van der Waals surface area contributed by atoms with Crippen molar-refractivity contribution in [1.29, 1.82) is 0 Å². The van der Waals surface area contributed by atoms with Crippen LogP contribution in [0.25, 0.3) is 0 Å². The second kappa shape index (κ2) is 6.71. The minimum atomic E-state index is -1.47. The van der Waals surface area contributed by atoms with E-state index >= 15 is 0 Å². The molecule has 0 spiro atoms. The maximum atomic E-state index is 12.9. The molecule has 1 fully saturated rings. The summed E-state index contributed by atoms with van der Waals surface area (Å²) in [5, 5.41) is 11.2. The number of carbonyl (C=O) groups is 2. The van der Waals surface area contributed by atoms with Gasteiger partial charge in [-0.25, -0.2) is 0 Å². The van der Waals surface area contributed by atoms with Gasteiger partial charge < -0.3 is 4.74 Å². The fraction of sp³-hybridized carbons (Fsp3) is 0.556. The fourth-order valence-electron chi connectivity index (χ4n) is 3.37. The van der Waals surface area contributed by atoms with Gasteiger partial charge in [0.25, 0.3) is 0 Å². The normalized spacial score (nSPS) is 22.2. The molecule has 6 heteroatoms. The van der Waals surface area contributed by atoms with Crippen molar-refractivity contribution in [3.63, 3.8) is 0 Å². The predicted octanol–water partition coefficient (Wildman–Crippen LogP) is 3.13. The predicted molar refractivity (Wildman–Crippen MR) is 88.2 cm³/mol. The number of nitro groups is 1. The van der Waals surface area contributed by atoms with Crippen LogP contribution in [0.2, 0.25) is 0 Å². The molecule has 2 rings (SSSR count). The fourth-order valence-corrected chi connectivity index (χ4v) is 3.37. The van der Waals surface area contributed by atoms with E-state index < -0.39 is 34.4 Å². The molecule has 1 aliphatic rings. The third-order valence-electron chi connectivity index (χ3n) is 4.36. The van der Waals surface area contributed by atoms with Crippen LogP contribution in [0.15, 0.2) is 30.3 Å². The number of nitrogens with zero attached hydrogens (tertiary/aromatic N) is 1. The summed E-state index contributed by atoms with van der Waals surface area (Å²) in [6.07, 6.45) is 1.08. The molecule has 0 bridgehead atoms. The van der Waals surface area contributed by atoms with Crippen LogP contribution >= 0.6 is 0 Å². The van der Waals surface area contributed by atoms with E-state index in [-0.39, 0.29) is 18.6 Å². The number of benzene rings is 1. The number of Topliss-reactive ketones (excluding diaryl/α,β-unsaturated/α-hetero) is 1. The van der Waals surface area contributed by atoms with Crippen LogP contribution in [-0.4, -0.2) is 28.8 Å². The van der Waals surface area contributed by atoms with Crippen molar-refractivity contribution in [1.82, 2.24) is 0 Å². The zero-order chi connectivity index (χ0) is 18.0. The Hall–Kier alpha value is -2.24. The van der Waals surface area contributed by atoms with Crippen molar-refractivity contribution < 1.29 is 19.2 Å². The van der Waals surface area contributed by atoms with E-state index in [1.54, 1.807) is 51.1 Å². The lowest BCUT2D eigenvalue weighted by Gasteiger charge is -2.34. The number of hydrogen-bond donors (Lipinski definition) is 0. The molecule has 0 N–H and O–H groups in total. The molecule has 0 unspecified atom stereocenters. The van der Waals surface area contributed by atoms with Gasteiger partial charge in [0, 0.05) is 11.3 Å². The Morgan fingerprint density at radius 1 is 1.33 bits per heavy atom. The monoisotopic (exact) mass is 333 g/mol. The van der Waals surface area contributed by atoms with Gasteiger partial charge in [0.1, 0.15) is 11.0 Å². The lowest BCUT2D eigenvalue weighted by atomic mass is 9.69. The molecule has 130 valence electrons. The minimum absolute atomic E-state index is 0.250. The molecular formula is C18H23NO5. The summed E-state index contributed by atoms with van der Waals surface area (Å²) in [6, 6.07) is 8.76. The van der Waals surface area contributed by atoms with Crippen molar-refractivity contribution in [2.75, 3.05) is 6.54 Å². The number of ether oxygens (including phenoxy) is 1. The Labute approximate surface area is 141 Å². The number of rotatable bonds is 5. The average Bonchev–Trinajstić information content (AvgIpc) is 2.86. The molecule has 0 heterocycles. The van der Waals surface area contributed by atoms with Crippen LogP contribution in [-0.2, 0) is 14.3 Å². The molecule has 0 aliphatic heterocycles. The van der Waals surface area contributed by atoms with Gasteiger partial charge in [-0.1, -0.05) is 30.3 Å².